The maximum absolute atomic E-state index is 11.6. The highest BCUT2D eigenvalue weighted by atomic mass is 32.1. The topological polar surface area (TPSA) is 101 Å². The monoisotopic (exact) mass is 257 g/mol. The van der Waals surface area contributed by atoms with Crippen molar-refractivity contribution in [1.29, 1.82) is 0 Å². The molecule has 0 aliphatic rings. The highest BCUT2D eigenvalue weighted by Crippen LogP contribution is 2.23. The van der Waals surface area contributed by atoms with Gasteiger partial charge in [0.25, 0.3) is 11.6 Å². The first-order valence-corrected chi connectivity index (χ1v) is 5.63. The molecule has 0 aromatic carbocycles. The first kappa shape index (κ1) is 13.1. The van der Waals surface area contributed by atoms with Crippen LogP contribution in [-0.2, 0) is 0 Å². The maximum Gasteiger partial charge on any atom is 0.321 e. The molecular formula is C9H11N3O4S. The molecule has 0 aliphatic heterocycles. The van der Waals surface area contributed by atoms with Crippen LogP contribution in [0.4, 0.5) is 10.5 Å². The van der Waals surface area contributed by atoms with Gasteiger partial charge in [-0.15, -0.1) is 11.3 Å². The molecule has 0 atom stereocenters. The van der Waals surface area contributed by atoms with Gasteiger partial charge >= 0.3 is 6.03 Å². The first-order valence-electron chi connectivity index (χ1n) is 4.75. The molecule has 92 valence electrons. The molecule has 7 nitrogen and oxygen atoms in total. The zero-order valence-electron chi connectivity index (χ0n) is 9.22. The minimum atomic E-state index is -0.773. The van der Waals surface area contributed by atoms with E-state index in [4.69, 9.17) is 0 Å². The zero-order chi connectivity index (χ0) is 13.0. The van der Waals surface area contributed by atoms with Gasteiger partial charge in [-0.2, -0.15) is 0 Å². The molecule has 0 saturated heterocycles. The van der Waals surface area contributed by atoms with Gasteiger partial charge in [-0.05, 0) is 19.2 Å². The predicted molar refractivity (Wildman–Crippen MR) is 62.1 cm³/mol. The van der Waals surface area contributed by atoms with E-state index in [1.165, 1.54) is 11.4 Å². The number of nitrogens with one attached hydrogen (secondary N) is 2. The van der Waals surface area contributed by atoms with E-state index < -0.39 is 16.9 Å². The van der Waals surface area contributed by atoms with Crippen LogP contribution >= 0.6 is 11.3 Å². The summed E-state index contributed by atoms with van der Waals surface area (Å²) in [7, 11) is 0. The van der Waals surface area contributed by atoms with Crippen LogP contribution in [0.2, 0.25) is 0 Å². The van der Waals surface area contributed by atoms with Crippen molar-refractivity contribution in [2.75, 3.05) is 0 Å². The van der Waals surface area contributed by atoms with E-state index in [1.54, 1.807) is 13.8 Å². The highest BCUT2D eigenvalue weighted by molar-refractivity contribution is 7.12. The van der Waals surface area contributed by atoms with E-state index in [0.717, 1.165) is 11.3 Å². The molecule has 0 radical (unpaired) electrons. The second kappa shape index (κ2) is 5.39. The van der Waals surface area contributed by atoms with Gasteiger partial charge in [-0.1, -0.05) is 0 Å². The lowest BCUT2D eigenvalue weighted by molar-refractivity contribution is -0.384. The fourth-order valence-electron chi connectivity index (χ4n) is 1.07. The van der Waals surface area contributed by atoms with Gasteiger partial charge in [0.1, 0.15) is 0 Å². The van der Waals surface area contributed by atoms with Crippen molar-refractivity contribution in [2.45, 2.75) is 19.9 Å². The second-order valence-corrected chi connectivity index (χ2v) is 4.39. The summed E-state index contributed by atoms with van der Waals surface area (Å²) in [6.07, 6.45) is 0. The molecule has 17 heavy (non-hydrogen) atoms. The molecule has 0 fully saturated rings. The molecule has 0 aliphatic carbocycles. The van der Waals surface area contributed by atoms with Crippen LogP contribution in [0.1, 0.15) is 23.5 Å². The van der Waals surface area contributed by atoms with E-state index >= 15 is 0 Å². The van der Waals surface area contributed by atoms with E-state index in [1.807, 2.05) is 5.32 Å². The van der Waals surface area contributed by atoms with Gasteiger partial charge in [0, 0.05) is 12.1 Å². The third-order valence-corrected chi connectivity index (χ3v) is 2.60. The summed E-state index contributed by atoms with van der Waals surface area (Å²) in [4.78, 5) is 32.6. The molecule has 0 unspecified atom stereocenters. The Kier molecular flexibility index (Phi) is 4.16. The maximum atomic E-state index is 11.6. The Morgan fingerprint density at radius 3 is 2.65 bits per heavy atom. The summed E-state index contributed by atoms with van der Waals surface area (Å²) in [5.41, 5.74) is -0.301. The molecule has 3 amide bonds. The van der Waals surface area contributed by atoms with E-state index in [9.17, 15) is 19.7 Å². The lowest BCUT2D eigenvalue weighted by Gasteiger charge is -2.08. The Bertz CT molecular complexity index is 455. The number of amides is 3. The lowest BCUT2D eigenvalue weighted by atomic mass is 10.4. The summed E-state index contributed by atoms with van der Waals surface area (Å²) < 4.78 is 0. The average Bonchev–Trinajstić information content (AvgIpc) is 2.63. The molecule has 0 bridgehead atoms. The summed E-state index contributed by atoms with van der Waals surface area (Å²) in [6, 6.07) is 0.425. The Labute approximate surface area is 101 Å². The summed E-state index contributed by atoms with van der Waals surface area (Å²) in [6.45, 7) is 3.47. The van der Waals surface area contributed by atoms with Crippen molar-refractivity contribution in [1.82, 2.24) is 10.6 Å². The third-order valence-electron chi connectivity index (χ3n) is 1.69. The van der Waals surface area contributed by atoms with Crippen molar-refractivity contribution < 1.29 is 14.5 Å². The number of nitrogens with zero attached hydrogens (tertiary/aromatic N) is 1. The van der Waals surface area contributed by atoms with Crippen molar-refractivity contribution in [3.63, 3.8) is 0 Å². The van der Waals surface area contributed by atoms with Crippen LogP contribution in [0.15, 0.2) is 11.4 Å². The smallest absolute Gasteiger partial charge is 0.321 e. The molecule has 1 heterocycles. The van der Waals surface area contributed by atoms with Crippen molar-refractivity contribution in [3.05, 3.63) is 26.4 Å². The lowest BCUT2D eigenvalue weighted by Crippen LogP contribution is -2.42. The summed E-state index contributed by atoms with van der Waals surface area (Å²) in [5.74, 6) is -0.773. The van der Waals surface area contributed by atoms with Crippen LogP contribution in [0.3, 0.4) is 0 Å². The molecule has 8 heteroatoms. The molecule has 0 saturated carbocycles. The molecule has 1 aromatic rings. The first-order chi connectivity index (χ1) is 7.91. The van der Waals surface area contributed by atoms with Crippen LogP contribution < -0.4 is 10.6 Å². The third kappa shape index (κ3) is 3.52. The van der Waals surface area contributed by atoms with Gasteiger partial charge in [0.2, 0.25) is 0 Å². The van der Waals surface area contributed by atoms with Crippen LogP contribution in [-0.4, -0.2) is 22.9 Å². The number of imide groups is 1. The standard InChI is InChI=1S/C9H11N3O4S/c1-5(2)10-9(14)11-8(13)7-6(12(15)16)3-4-17-7/h3-5H,1-2H3,(H2,10,11,13,14). The number of carbonyl (C=O) groups excluding carboxylic acids is 2. The van der Waals surface area contributed by atoms with Crippen molar-refractivity contribution in [2.24, 2.45) is 0 Å². The molecule has 2 N–H and O–H groups in total. The molecular weight excluding hydrogens is 246 g/mol. The summed E-state index contributed by atoms with van der Waals surface area (Å²) in [5, 5.41) is 16.5. The minimum absolute atomic E-state index is 0.0890. The number of hydrogen-bond acceptors (Lipinski definition) is 5. The van der Waals surface area contributed by atoms with E-state index in [0.29, 0.717) is 0 Å². The highest BCUT2D eigenvalue weighted by Gasteiger charge is 2.23. The summed E-state index contributed by atoms with van der Waals surface area (Å²) >= 11 is 0.913. The fraction of sp³-hybridized carbons (Fsp3) is 0.333. The van der Waals surface area contributed by atoms with Crippen LogP contribution in [0.25, 0.3) is 0 Å². The van der Waals surface area contributed by atoms with Gasteiger partial charge in [0.15, 0.2) is 4.88 Å². The predicted octanol–water partition coefficient (Wildman–Crippen LogP) is 1.50. The average molecular weight is 257 g/mol. The van der Waals surface area contributed by atoms with Gasteiger partial charge in [-0.3, -0.25) is 20.2 Å². The number of carbonyl (C=O) groups is 2. The second-order valence-electron chi connectivity index (χ2n) is 3.47. The van der Waals surface area contributed by atoms with Gasteiger partial charge < -0.3 is 5.32 Å². The number of urea groups is 1. The Hall–Kier alpha value is -1.96. The largest absolute Gasteiger partial charge is 0.336 e. The fourth-order valence-corrected chi connectivity index (χ4v) is 1.83. The van der Waals surface area contributed by atoms with Crippen LogP contribution in [0, 0.1) is 10.1 Å². The number of thiophene rings is 1. The quantitative estimate of drug-likeness (QED) is 0.632. The zero-order valence-corrected chi connectivity index (χ0v) is 10.0. The number of nitro groups is 1. The Balaban J connectivity index is 2.73. The SMILES string of the molecule is CC(C)NC(=O)NC(=O)c1sccc1[N+](=O)[O-]. The van der Waals surface area contributed by atoms with Crippen molar-refractivity contribution >= 4 is 29.0 Å². The van der Waals surface area contributed by atoms with Crippen molar-refractivity contribution in [3.8, 4) is 0 Å². The molecule has 0 spiro atoms. The van der Waals surface area contributed by atoms with Gasteiger partial charge in [-0.25, -0.2) is 4.79 Å². The molecule has 1 aromatic heterocycles. The Morgan fingerprint density at radius 2 is 2.12 bits per heavy atom. The number of hydrogen-bond donors (Lipinski definition) is 2. The number of rotatable bonds is 3. The Morgan fingerprint density at radius 1 is 1.47 bits per heavy atom. The van der Waals surface area contributed by atoms with E-state index in [-0.39, 0.29) is 16.6 Å². The normalized spacial score (nSPS) is 10.1. The molecule has 1 rings (SSSR count). The van der Waals surface area contributed by atoms with Crippen LogP contribution in [0.5, 0.6) is 0 Å². The minimum Gasteiger partial charge on any atom is -0.336 e. The van der Waals surface area contributed by atoms with Gasteiger partial charge in [0.05, 0.1) is 4.92 Å². The van der Waals surface area contributed by atoms with E-state index in [2.05, 4.69) is 5.32 Å².